The fourth-order valence-electron chi connectivity index (χ4n) is 2.23. The van der Waals surface area contributed by atoms with Crippen LogP contribution in [0.1, 0.15) is 19.8 Å². The summed E-state index contributed by atoms with van der Waals surface area (Å²) in [5, 5.41) is 23.4. The maximum absolute atomic E-state index is 10.6. The van der Waals surface area contributed by atoms with Crippen molar-refractivity contribution >= 4 is 17.4 Å². The molecule has 1 saturated carbocycles. The first kappa shape index (κ1) is 14.8. The summed E-state index contributed by atoms with van der Waals surface area (Å²) in [5.41, 5.74) is -0.379. The lowest BCUT2D eigenvalue weighted by molar-refractivity contribution is -0.384. The van der Waals surface area contributed by atoms with Crippen LogP contribution in [-0.4, -0.2) is 22.8 Å². The van der Waals surface area contributed by atoms with Gasteiger partial charge >= 0.3 is 0 Å². The first-order valence-corrected chi connectivity index (χ1v) is 7.63. The molecular weight excluding hydrogens is 274 g/mol. The smallest absolute Gasteiger partial charge is 0.269 e. The van der Waals surface area contributed by atoms with Crippen LogP contribution in [0.25, 0.3) is 0 Å². The summed E-state index contributed by atoms with van der Waals surface area (Å²) < 4.78 is 0. The number of nitrogens with zero attached hydrogens (tertiary/aromatic N) is 2. The van der Waals surface area contributed by atoms with Crippen molar-refractivity contribution in [3.8, 4) is 6.07 Å². The largest absolute Gasteiger partial charge is 0.299 e. The number of nitriles is 1. The van der Waals surface area contributed by atoms with Gasteiger partial charge in [0.2, 0.25) is 0 Å². The van der Waals surface area contributed by atoms with Gasteiger partial charge in [-0.15, -0.1) is 11.8 Å². The molecule has 20 heavy (non-hydrogen) atoms. The molecule has 0 saturated heterocycles. The summed E-state index contributed by atoms with van der Waals surface area (Å²) in [6.07, 6.45) is 2.20. The van der Waals surface area contributed by atoms with Gasteiger partial charge in [0, 0.05) is 22.8 Å². The van der Waals surface area contributed by atoms with Crippen molar-refractivity contribution in [1.29, 1.82) is 5.26 Å². The number of thioether (sulfide) groups is 1. The fraction of sp³-hybridized carbons (Fsp3) is 0.500. The highest BCUT2D eigenvalue weighted by atomic mass is 32.2. The number of hydrogen-bond acceptors (Lipinski definition) is 5. The molecule has 0 heterocycles. The summed E-state index contributed by atoms with van der Waals surface area (Å²) in [5.74, 6) is 1.10. The second-order valence-corrected chi connectivity index (χ2v) is 5.98. The van der Waals surface area contributed by atoms with Crippen LogP contribution in [0.2, 0.25) is 0 Å². The molecule has 1 atom stereocenters. The maximum Gasteiger partial charge on any atom is 0.269 e. The molecular formula is C14H17N3O2S. The molecule has 0 bridgehead atoms. The Labute approximate surface area is 122 Å². The lowest BCUT2D eigenvalue weighted by Gasteiger charge is -2.27. The molecule has 1 aliphatic carbocycles. The predicted molar refractivity (Wildman–Crippen MR) is 78.6 cm³/mol. The van der Waals surface area contributed by atoms with Crippen molar-refractivity contribution in [2.45, 2.75) is 30.2 Å². The Balaban J connectivity index is 2.02. The molecule has 0 aliphatic heterocycles. The third-order valence-corrected chi connectivity index (χ3v) is 4.69. The first-order valence-electron chi connectivity index (χ1n) is 6.65. The molecule has 0 amide bonds. The van der Waals surface area contributed by atoms with E-state index in [-0.39, 0.29) is 5.69 Å². The van der Waals surface area contributed by atoms with Crippen molar-refractivity contribution < 1.29 is 4.92 Å². The fourth-order valence-corrected chi connectivity index (χ4v) is 3.35. The van der Waals surface area contributed by atoms with E-state index in [0.29, 0.717) is 11.7 Å². The van der Waals surface area contributed by atoms with Crippen molar-refractivity contribution in [2.24, 2.45) is 5.92 Å². The molecule has 1 aromatic rings. The van der Waals surface area contributed by atoms with Gasteiger partial charge in [0.1, 0.15) is 5.54 Å². The standard InChI is InChI=1S/C14H17N3O2S/c1-2-16-14(9-15,11-3-4-11)10-20-13-7-5-12(6-8-13)17(18)19/h5-8,11,16H,2-4,10H2,1H3. The lowest BCUT2D eigenvalue weighted by atomic mass is 9.98. The number of nitrogens with one attached hydrogen (secondary N) is 1. The molecule has 1 unspecified atom stereocenters. The first-order chi connectivity index (χ1) is 9.61. The molecule has 1 fully saturated rings. The van der Waals surface area contributed by atoms with Crippen LogP contribution in [-0.2, 0) is 0 Å². The molecule has 0 spiro atoms. The zero-order valence-electron chi connectivity index (χ0n) is 11.3. The van der Waals surface area contributed by atoms with E-state index >= 15 is 0 Å². The van der Waals surface area contributed by atoms with Crippen molar-refractivity contribution in [2.75, 3.05) is 12.3 Å². The maximum atomic E-state index is 10.6. The topological polar surface area (TPSA) is 79.0 Å². The molecule has 1 aromatic carbocycles. The molecule has 106 valence electrons. The van der Waals surface area contributed by atoms with E-state index in [9.17, 15) is 15.4 Å². The van der Waals surface area contributed by atoms with Crippen LogP contribution in [0.3, 0.4) is 0 Å². The van der Waals surface area contributed by atoms with E-state index in [1.54, 1.807) is 23.9 Å². The van der Waals surface area contributed by atoms with Gasteiger partial charge in [-0.25, -0.2) is 0 Å². The van der Waals surface area contributed by atoms with Crippen LogP contribution in [0, 0.1) is 27.4 Å². The lowest BCUT2D eigenvalue weighted by Crippen LogP contribution is -2.48. The van der Waals surface area contributed by atoms with Crippen molar-refractivity contribution in [3.05, 3.63) is 34.4 Å². The average Bonchev–Trinajstić information content (AvgIpc) is 3.29. The van der Waals surface area contributed by atoms with Gasteiger partial charge in [0.05, 0.1) is 11.0 Å². The summed E-state index contributed by atoms with van der Waals surface area (Å²) in [6.45, 7) is 2.77. The zero-order valence-corrected chi connectivity index (χ0v) is 12.2. The van der Waals surface area contributed by atoms with Crippen LogP contribution in [0.15, 0.2) is 29.2 Å². The minimum absolute atomic E-state index is 0.0924. The molecule has 1 N–H and O–H groups in total. The Morgan fingerprint density at radius 1 is 1.50 bits per heavy atom. The molecule has 6 heteroatoms. The number of rotatable bonds is 7. The zero-order chi connectivity index (χ0) is 14.6. The van der Waals surface area contributed by atoms with Gasteiger partial charge in [0.25, 0.3) is 5.69 Å². The second-order valence-electron chi connectivity index (χ2n) is 4.93. The van der Waals surface area contributed by atoms with Gasteiger partial charge in [-0.3, -0.25) is 15.4 Å². The summed E-state index contributed by atoms with van der Waals surface area (Å²) in [4.78, 5) is 11.2. The van der Waals surface area contributed by atoms with Crippen molar-refractivity contribution in [3.63, 3.8) is 0 Å². The number of benzene rings is 1. The number of nitro groups is 1. The van der Waals surface area contributed by atoms with Crippen LogP contribution in [0.4, 0.5) is 5.69 Å². The highest BCUT2D eigenvalue weighted by Gasteiger charge is 2.45. The SMILES string of the molecule is CCNC(C#N)(CSc1ccc([N+](=O)[O-])cc1)C1CC1. The summed E-state index contributed by atoms with van der Waals surface area (Å²) >= 11 is 1.57. The minimum atomic E-state index is -0.471. The summed E-state index contributed by atoms with van der Waals surface area (Å²) in [7, 11) is 0. The van der Waals surface area contributed by atoms with Crippen molar-refractivity contribution in [1.82, 2.24) is 5.32 Å². The highest BCUT2D eigenvalue weighted by molar-refractivity contribution is 7.99. The van der Waals surface area contributed by atoms with Gasteiger partial charge in [-0.2, -0.15) is 5.26 Å². The van der Waals surface area contributed by atoms with Crippen LogP contribution >= 0.6 is 11.8 Å². The molecule has 2 rings (SSSR count). The summed E-state index contributed by atoms with van der Waals surface area (Å²) in [6, 6.07) is 8.92. The average molecular weight is 291 g/mol. The number of non-ortho nitro benzene ring substituents is 1. The van der Waals surface area contributed by atoms with E-state index in [1.807, 2.05) is 6.92 Å². The van der Waals surface area contributed by atoms with E-state index in [2.05, 4.69) is 11.4 Å². The molecule has 0 radical (unpaired) electrons. The Morgan fingerprint density at radius 3 is 2.60 bits per heavy atom. The number of hydrogen-bond donors (Lipinski definition) is 1. The van der Waals surface area contributed by atoms with Gasteiger partial charge in [-0.05, 0) is 37.4 Å². The Kier molecular flexibility index (Phi) is 4.63. The molecule has 0 aromatic heterocycles. The van der Waals surface area contributed by atoms with E-state index in [0.717, 1.165) is 24.3 Å². The third-order valence-electron chi connectivity index (χ3n) is 3.48. The van der Waals surface area contributed by atoms with Gasteiger partial charge in [-0.1, -0.05) is 6.92 Å². The normalized spacial score (nSPS) is 17.2. The van der Waals surface area contributed by atoms with Gasteiger partial charge in [0.15, 0.2) is 0 Å². The van der Waals surface area contributed by atoms with E-state index in [1.165, 1.54) is 12.1 Å². The Bertz CT molecular complexity index is 522. The molecule has 1 aliphatic rings. The highest BCUT2D eigenvalue weighted by Crippen LogP contribution is 2.42. The molecule has 5 nitrogen and oxygen atoms in total. The predicted octanol–water partition coefficient (Wildman–Crippen LogP) is 2.97. The Hall–Kier alpha value is -1.58. The van der Waals surface area contributed by atoms with Gasteiger partial charge < -0.3 is 0 Å². The number of nitro benzene ring substituents is 1. The second kappa shape index (κ2) is 6.25. The third kappa shape index (κ3) is 3.30. The van der Waals surface area contributed by atoms with Crippen LogP contribution in [0.5, 0.6) is 0 Å². The Morgan fingerprint density at radius 2 is 2.15 bits per heavy atom. The van der Waals surface area contributed by atoms with Crippen LogP contribution < -0.4 is 5.32 Å². The monoisotopic (exact) mass is 291 g/mol. The minimum Gasteiger partial charge on any atom is -0.299 e. The van der Waals surface area contributed by atoms with E-state index < -0.39 is 10.5 Å². The quantitative estimate of drug-likeness (QED) is 0.474. The van der Waals surface area contributed by atoms with E-state index in [4.69, 9.17) is 0 Å².